The van der Waals surface area contributed by atoms with Gasteiger partial charge in [0.2, 0.25) is 23.1 Å². The van der Waals surface area contributed by atoms with Crippen LogP contribution in [0.1, 0.15) is 43.6 Å². The van der Waals surface area contributed by atoms with Crippen LogP contribution in [0.4, 0.5) is 0 Å². The number of carbonyl (C=O) groups is 1. The minimum atomic E-state index is -3.90. The van der Waals surface area contributed by atoms with E-state index in [4.69, 9.17) is 23.7 Å². The van der Waals surface area contributed by atoms with Crippen molar-refractivity contribution < 1.29 is 42.0 Å². The standard InChI is InChI=1S/C31H38N2O9S/c1-38-24-5-7-25(8-6-24)43(36,37)33(10-12-34)11-13-39-30-18-23(21-4-9-27-28(16-21)41-19-40-27)17-29(42-30)31(35)32-26-15-20-2-3-22(26)14-20/h4-9,16-17,20,22-23,26,30,34H,2-3,10-15,18-19H2,1H3,(H,32,35). The van der Waals surface area contributed by atoms with E-state index in [9.17, 15) is 18.3 Å². The van der Waals surface area contributed by atoms with Crippen molar-refractivity contribution in [2.75, 3.05) is 40.2 Å². The second-order valence-electron chi connectivity index (χ2n) is 11.5. The van der Waals surface area contributed by atoms with E-state index in [-0.39, 0.29) is 61.6 Å². The molecule has 0 saturated heterocycles. The molecule has 0 radical (unpaired) electrons. The molecule has 5 unspecified atom stereocenters. The Morgan fingerprint density at radius 2 is 1.86 bits per heavy atom. The summed E-state index contributed by atoms with van der Waals surface area (Å²) in [6.07, 6.45) is 5.99. The van der Waals surface area contributed by atoms with Gasteiger partial charge in [0.05, 0.1) is 25.2 Å². The summed E-state index contributed by atoms with van der Waals surface area (Å²) in [6, 6.07) is 11.9. The monoisotopic (exact) mass is 614 g/mol. The third-order valence-electron chi connectivity index (χ3n) is 8.85. The number of amides is 1. The van der Waals surface area contributed by atoms with E-state index in [1.165, 1.54) is 36.4 Å². The molecule has 2 aliphatic heterocycles. The Hall–Kier alpha value is -3.32. The summed E-state index contributed by atoms with van der Waals surface area (Å²) in [5.74, 6) is 2.78. The molecule has 0 aromatic heterocycles. The quantitative estimate of drug-likeness (QED) is 0.370. The highest BCUT2D eigenvalue weighted by Gasteiger charge is 2.41. The van der Waals surface area contributed by atoms with E-state index in [0.717, 1.165) is 18.4 Å². The van der Waals surface area contributed by atoms with E-state index in [2.05, 4.69) is 5.32 Å². The molecular formula is C31H38N2O9S. The van der Waals surface area contributed by atoms with Crippen molar-refractivity contribution in [3.63, 3.8) is 0 Å². The van der Waals surface area contributed by atoms with Crippen LogP contribution in [0.25, 0.3) is 0 Å². The lowest BCUT2D eigenvalue weighted by atomic mass is 9.92. The Kier molecular flexibility index (Phi) is 8.80. The van der Waals surface area contributed by atoms with Crippen molar-refractivity contribution in [2.45, 2.75) is 55.2 Å². The first kappa shape index (κ1) is 29.7. The number of fused-ring (bicyclic) bond motifs is 3. The van der Waals surface area contributed by atoms with Crippen molar-refractivity contribution in [1.82, 2.24) is 9.62 Å². The van der Waals surface area contributed by atoms with Crippen molar-refractivity contribution in [3.8, 4) is 17.2 Å². The molecule has 2 aromatic carbocycles. The number of aliphatic hydroxyl groups excluding tert-OH is 1. The Balaban J connectivity index is 1.15. The maximum absolute atomic E-state index is 13.4. The van der Waals surface area contributed by atoms with Gasteiger partial charge < -0.3 is 34.1 Å². The van der Waals surface area contributed by atoms with E-state index >= 15 is 0 Å². The maximum Gasteiger partial charge on any atom is 0.286 e. The van der Waals surface area contributed by atoms with Gasteiger partial charge in [-0.25, -0.2) is 8.42 Å². The fraction of sp³-hybridized carbons (Fsp3) is 0.516. The third kappa shape index (κ3) is 6.47. The van der Waals surface area contributed by atoms with E-state index in [1.807, 2.05) is 24.3 Å². The highest BCUT2D eigenvalue weighted by atomic mass is 32.2. The van der Waals surface area contributed by atoms with Crippen LogP contribution >= 0.6 is 0 Å². The van der Waals surface area contributed by atoms with Crippen LogP contribution in [0.3, 0.4) is 0 Å². The zero-order chi connectivity index (χ0) is 30.0. The molecule has 2 saturated carbocycles. The summed E-state index contributed by atoms with van der Waals surface area (Å²) in [5, 5.41) is 12.8. The normalized spacial score (nSPS) is 25.8. The molecule has 12 heteroatoms. The van der Waals surface area contributed by atoms with E-state index in [1.54, 1.807) is 12.1 Å². The Bertz CT molecular complexity index is 1450. The first-order valence-electron chi connectivity index (χ1n) is 14.8. The number of benzene rings is 2. The number of aliphatic hydroxyl groups is 1. The molecule has 0 spiro atoms. The topological polar surface area (TPSA) is 133 Å². The van der Waals surface area contributed by atoms with Gasteiger partial charge in [0.15, 0.2) is 17.3 Å². The second-order valence-corrected chi connectivity index (χ2v) is 13.4. The first-order chi connectivity index (χ1) is 20.8. The lowest BCUT2D eigenvalue weighted by molar-refractivity contribution is -0.147. The molecule has 2 aliphatic carbocycles. The zero-order valence-corrected chi connectivity index (χ0v) is 25.0. The molecule has 11 nitrogen and oxygen atoms in total. The highest BCUT2D eigenvalue weighted by Crippen LogP contribution is 2.45. The Morgan fingerprint density at radius 3 is 2.58 bits per heavy atom. The second kappa shape index (κ2) is 12.7. The van der Waals surface area contributed by atoms with E-state index < -0.39 is 16.3 Å². The van der Waals surface area contributed by atoms with Crippen molar-refractivity contribution in [3.05, 3.63) is 59.9 Å². The number of methoxy groups -OCH3 is 1. The number of rotatable bonds is 12. The van der Waals surface area contributed by atoms with Gasteiger partial charge in [-0.15, -0.1) is 0 Å². The molecule has 2 N–H and O–H groups in total. The molecule has 232 valence electrons. The predicted octanol–water partition coefficient (Wildman–Crippen LogP) is 3.14. The largest absolute Gasteiger partial charge is 0.497 e. The minimum Gasteiger partial charge on any atom is -0.497 e. The number of nitrogens with one attached hydrogen (secondary N) is 1. The van der Waals surface area contributed by atoms with Crippen molar-refractivity contribution in [2.24, 2.45) is 11.8 Å². The van der Waals surface area contributed by atoms with Crippen molar-refractivity contribution in [1.29, 1.82) is 0 Å². The fourth-order valence-corrected chi connectivity index (χ4v) is 8.02. The van der Waals surface area contributed by atoms with Gasteiger partial charge in [-0.3, -0.25) is 4.79 Å². The lowest BCUT2D eigenvalue weighted by Crippen LogP contribution is -2.41. The van der Waals surface area contributed by atoms with Gasteiger partial charge >= 0.3 is 0 Å². The maximum atomic E-state index is 13.4. The van der Waals surface area contributed by atoms with Crippen LogP contribution in [0.5, 0.6) is 17.2 Å². The van der Waals surface area contributed by atoms with Gasteiger partial charge in [0, 0.05) is 31.5 Å². The predicted molar refractivity (Wildman–Crippen MR) is 155 cm³/mol. The summed E-state index contributed by atoms with van der Waals surface area (Å²) < 4.78 is 56.0. The molecule has 2 fully saturated rings. The minimum absolute atomic E-state index is 0.00477. The summed E-state index contributed by atoms with van der Waals surface area (Å²) in [6.45, 7) is -0.304. The van der Waals surface area contributed by atoms with Gasteiger partial charge in [0.25, 0.3) is 5.91 Å². The van der Waals surface area contributed by atoms with Crippen LogP contribution in [0, 0.1) is 11.8 Å². The molecule has 2 aromatic rings. The number of hydrogen-bond donors (Lipinski definition) is 2. The van der Waals surface area contributed by atoms with Crippen molar-refractivity contribution >= 4 is 15.9 Å². The number of hydrogen-bond acceptors (Lipinski definition) is 9. The number of allylic oxidation sites excluding steroid dienone is 1. The number of ether oxygens (including phenoxy) is 5. The Morgan fingerprint density at radius 1 is 1.05 bits per heavy atom. The van der Waals surface area contributed by atoms with Crippen LogP contribution < -0.4 is 19.5 Å². The molecule has 1 amide bonds. The van der Waals surface area contributed by atoms with Gasteiger partial charge in [0.1, 0.15) is 5.75 Å². The first-order valence-corrected chi connectivity index (χ1v) is 16.2. The summed E-state index contributed by atoms with van der Waals surface area (Å²) >= 11 is 0. The molecule has 43 heavy (non-hydrogen) atoms. The smallest absolute Gasteiger partial charge is 0.286 e. The van der Waals surface area contributed by atoms with Crippen LogP contribution in [0.2, 0.25) is 0 Å². The highest BCUT2D eigenvalue weighted by molar-refractivity contribution is 7.89. The third-order valence-corrected chi connectivity index (χ3v) is 10.8. The average Bonchev–Trinajstić information content (AvgIpc) is 3.78. The summed E-state index contributed by atoms with van der Waals surface area (Å²) in [5.41, 5.74) is 0.926. The van der Waals surface area contributed by atoms with Gasteiger partial charge in [-0.2, -0.15) is 4.31 Å². The fourth-order valence-electron chi connectivity index (χ4n) is 6.60. The van der Waals surface area contributed by atoms with Gasteiger partial charge in [-0.1, -0.05) is 12.5 Å². The average molecular weight is 615 g/mol. The molecule has 6 rings (SSSR count). The zero-order valence-electron chi connectivity index (χ0n) is 24.1. The molecule has 2 bridgehead atoms. The molecular weight excluding hydrogens is 576 g/mol. The van der Waals surface area contributed by atoms with Crippen LogP contribution in [-0.2, 0) is 24.3 Å². The van der Waals surface area contributed by atoms with Crippen LogP contribution in [-0.4, -0.2) is 76.3 Å². The number of carbonyl (C=O) groups excluding carboxylic acids is 1. The summed E-state index contributed by atoms with van der Waals surface area (Å²) in [7, 11) is -2.39. The summed E-state index contributed by atoms with van der Waals surface area (Å²) in [4.78, 5) is 13.5. The van der Waals surface area contributed by atoms with Crippen LogP contribution in [0.15, 0.2) is 59.2 Å². The number of sulfonamides is 1. The Labute approximate surface area is 251 Å². The molecule has 2 heterocycles. The SMILES string of the molecule is COc1ccc(S(=O)(=O)N(CCO)CCOC2CC(c3ccc4c(c3)OCO4)C=C(C(=O)NC3CC4CCC3C4)O2)cc1. The molecule has 5 atom stereocenters. The number of nitrogens with zero attached hydrogens (tertiary/aromatic N) is 1. The van der Waals surface area contributed by atoms with Gasteiger partial charge in [-0.05, 0) is 79.1 Å². The molecule has 4 aliphatic rings. The van der Waals surface area contributed by atoms with E-state index in [0.29, 0.717) is 35.5 Å². The lowest BCUT2D eigenvalue weighted by Gasteiger charge is -2.31.